The van der Waals surface area contributed by atoms with Crippen molar-refractivity contribution in [3.05, 3.63) is 24.0 Å². The molecule has 1 fully saturated rings. The van der Waals surface area contributed by atoms with Crippen LogP contribution in [-0.2, 0) is 14.6 Å². The van der Waals surface area contributed by atoms with Crippen LogP contribution in [0, 0.1) is 11.3 Å². The molecule has 160 valence electrons. The zero-order valence-corrected chi connectivity index (χ0v) is 18.3. The van der Waals surface area contributed by atoms with Crippen molar-refractivity contribution >= 4 is 32.5 Å². The third-order valence-electron chi connectivity index (χ3n) is 4.57. The lowest BCUT2D eigenvalue weighted by atomic mass is 10.1. The van der Waals surface area contributed by atoms with Crippen molar-refractivity contribution in [1.82, 2.24) is 14.9 Å². The summed E-state index contributed by atoms with van der Waals surface area (Å²) in [5, 5.41) is 13.2. The Morgan fingerprint density at radius 1 is 1.37 bits per heavy atom. The van der Waals surface area contributed by atoms with Gasteiger partial charge in [-0.2, -0.15) is 5.26 Å². The lowest BCUT2D eigenvalue weighted by Crippen LogP contribution is -2.47. The molecule has 2 aromatic rings. The number of fused-ring (bicyclic) bond motifs is 1. The summed E-state index contributed by atoms with van der Waals surface area (Å²) in [5.41, 5.74) is -0.542. The smallest absolute Gasteiger partial charge is 0.410 e. The molecule has 1 aliphatic rings. The topological polar surface area (TPSA) is 125 Å². The number of carbonyl (C=O) groups excluding carboxylic acids is 1. The van der Waals surface area contributed by atoms with E-state index in [0.717, 1.165) is 19.1 Å². The number of nitriles is 1. The molecule has 1 N–H and O–H groups in total. The Morgan fingerprint density at radius 3 is 2.73 bits per heavy atom. The summed E-state index contributed by atoms with van der Waals surface area (Å²) in [5.74, 6) is 0.481. The molecular weight excluding hydrogens is 406 g/mol. The first-order valence-corrected chi connectivity index (χ1v) is 11.5. The van der Waals surface area contributed by atoms with Crippen molar-refractivity contribution in [2.24, 2.45) is 0 Å². The third-order valence-corrected chi connectivity index (χ3v) is 5.58. The minimum Gasteiger partial charge on any atom is -0.444 e. The molecule has 0 aliphatic carbocycles. The van der Waals surface area contributed by atoms with Gasteiger partial charge < -0.3 is 15.0 Å². The van der Waals surface area contributed by atoms with Crippen molar-refractivity contribution in [3.8, 4) is 6.07 Å². The van der Waals surface area contributed by atoms with Gasteiger partial charge in [-0.3, -0.25) is 0 Å². The Labute approximate surface area is 176 Å². The summed E-state index contributed by atoms with van der Waals surface area (Å²) >= 11 is 0. The van der Waals surface area contributed by atoms with Gasteiger partial charge in [0.15, 0.2) is 14.9 Å². The number of aromatic nitrogens is 2. The zero-order valence-electron chi connectivity index (χ0n) is 17.5. The Morgan fingerprint density at radius 2 is 2.10 bits per heavy atom. The van der Waals surface area contributed by atoms with Crippen LogP contribution in [0.15, 0.2) is 23.4 Å². The second-order valence-corrected chi connectivity index (χ2v) is 10.3. The van der Waals surface area contributed by atoms with Crippen LogP contribution in [0.4, 0.5) is 10.6 Å². The third kappa shape index (κ3) is 5.16. The molecule has 1 amide bonds. The Bertz CT molecular complexity index is 1120. The first kappa shape index (κ1) is 21.8. The first-order valence-electron chi connectivity index (χ1n) is 9.62. The molecule has 1 unspecified atom stereocenters. The van der Waals surface area contributed by atoms with Gasteiger partial charge in [-0.15, -0.1) is 0 Å². The predicted molar refractivity (Wildman–Crippen MR) is 112 cm³/mol. The number of anilines is 1. The van der Waals surface area contributed by atoms with Crippen molar-refractivity contribution in [2.75, 3.05) is 24.7 Å². The average Bonchev–Trinajstić information content (AvgIpc) is 2.65. The van der Waals surface area contributed by atoms with Crippen LogP contribution in [0.1, 0.15) is 39.3 Å². The second-order valence-electron chi connectivity index (χ2n) is 8.40. The standard InChI is InChI=1S/C20H25N5O4S/c1-20(2,3)29-19(26)25-7-5-6-14(12-25)23-17-9-16-13(11-22-17)8-15(10-21)24-18(16)30(4,27)28/h8-9,11,14H,5-7,12H2,1-4H3,(H,22,23). The highest BCUT2D eigenvalue weighted by atomic mass is 32.2. The maximum atomic E-state index is 12.4. The number of rotatable bonds is 3. The highest BCUT2D eigenvalue weighted by molar-refractivity contribution is 7.90. The number of amides is 1. The molecule has 9 nitrogen and oxygen atoms in total. The van der Waals surface area contributed by atoms with Gasteiger partial charge in [0, 0.05) is 42.4 Å². The number of carbonyl (C=O) groups is 1. The Hall–Kier alpha value is -2.93. The summed E-state index contributed by atoms with van der Waals surface area (Å²) in [6, 6.07) is 4.95. The van der Waals surface area contributed by atoms with Gasteiger partial charge in [-0.05, 0) is 45.7 Å². The normalized spacial score (nSPS) is 17.4. The first-order chi connectivity index (χ1) is 14.0. The summed E-state index contributed by atoms with van der Waals surface area (Å²) < 4.78 is 29.8. The fourth-order valence-corrected chi connectivity index (χ4v) is 4.17. The van der Waals surface area contributed by atoms with E-state index in [-0.39, 0.29) is 22.9 Å². The molecule has 3 rings (SSSR count). The van der Waals surface area contributed by atoms with Gasteiger partial charge in [0.2, 0.25) is 0 Å². The molecule has 0 aromatic carbocycles. The molecule has 1 saturated heterocycles. The van der Waals surface area contributed by atoms with Crippen LogP contribution in [-0.4, -0.2) is 60.4 Å². The molecular formula is C20H25N5O4S. The number of hydrogen-bond donors (Lipinski definition) is 1. The van der Waals surface area contributed by atoms with E-state index in [9.17, 15) is 13.2 Å². The maximum Gasteiger partial charge on any atom is 0.410 e. The lowest BCUT2D eigenvalue weighted by molar-refractivity contribution is 0.0206. The number of likely N-dealkylation sites (tertiary alicyclic amines) is 1. The maximum absolute atomic E-state index is 12.4. The van der Waals surface area contributed by atoms with E-state index in [1.807, 2.05) is 26.8 Å². The van der Waals surface area contributed by atoms with Gasteiger partial charge >= 0.3 is 6.09 Å². The minimum atomic E-state index is -3.64. The fraction of sp³-hybridized carbons (Fsp3) is 0.500. The Kier molecular flexibility index (Phi) is 5.85. The molecule has 0 spiro atoms. The monoisotopic (exact) mass is 431 g/mol. The molecule has 1 atom stereocenters. The van der Waals surface area contributed by atoms with Crippen molar-refractivity contribution in [3.63, 3.8) is 0 Å². The van der Waals surface area contributed by atoms with E-state index in [1.54, 1.807) is 11.0 Å². The highest BCUT2D eigenvalue weighted by Crippen LogP contribution is 2.25. The van der Waals surface area contributed by atoms with Crippen LogP contribution < -0.4 is 5.32 Å². The SMILES string of the molecule is CC(C)(C)OC(=O)N1CCCC(Nc2cc3c(S(C)(=O)=O)nc(C#N)cc3cn2)C1. The molecule has 0 saturated carbocycles. The average molecular weight is 432 g/mol. The Balaban J connectivity index is 1.84. The van der Waals surface area contributed by atoms with E-state index in [4.69, 9.17) is 10.00 Å². The zero-order chi connectivity index (χ0) is 22.1. The van der Waals surface area contributed by atoms with Gasteiger partial charge in [-0.1, -0.05) is 0 Å². The second kappa shape index (κ2) is 8.07. The van der Waals surface area contributed by atoms with Crippen molar-refractivity contribution in [1.29, 1.82) is 5.26 Å². The summed E-state index contributed by atoms with van der Waals surface area (Å²) in [7, 11) is -3.64. The van der Waals surface area contributed by atoms with Crippen molar-refractivity contribution < 1.29 is 17.9 Å². The van der Waals surface area contributed by atoms with E-state index in [0.29, 0.717) is 29.7 Å². The van der Waals surface area contributed by atoms with Crippen LogP contribution in [0.3, 0.4) is 0 Å². The number of ether oxygens (including phenoxy) is 1. The van der Waals surface area contributed by atoms with E-state index < -0.39 is 15.4 Å². The van der Waals surface area contributed by atoms with Crippen molar-refractivity contribution in [2.45, 2.75) is 50.3 Å². The molecule has 2 aromatic heterocycles. The van der Waals surface area contributed by atoms with Gasteiger partial charge in [0.1, 0.15) is 23.2 Å². The number of nitrogens with zero attached hydrogens (tertiary/aromatic N) is 4. The van der Waals surface area contributed by atoms with Crippen LogP contribution in [0.5, 0.6) is 0 Å². The number of sulfone groups is 1. The molecule has 3 heterocycles. The largest absolute Gasteiger partial charge is 0.444 e. The van der Waals surface area contributed by atoms with Crippen LogP contribution >= 0.6 is 0 Å². The number of piperidine rings is 1. The fourth-order valence-electron chi connectivity index (χ4n) is 3.33. The minimum absolute atomic E-state index is 0.0192. The molecule has 0 radical (unpaired) electrons. The van der Waals surface area contributed by atoms with Gasteiger partial charge in [0.25, 0.3) is 0 Å². The highest BCUT2D eigenvalue weighted by Gasteiger charge is 2.28. The number of pyridine rings is 2. The van der Waals surface area contributed by atoms with Gasteiger partial charge in [-0.25, -0.2) is 23.2 Å². The predicted octanol–water partition coefficient (Wildman–Crippen LogP) is 2.72. The van der Waals surface area contributed by atoms with E-state index in [1.165, 1.54) is 12.3 Å². The number of hydrogen-bond acceptors (Lipinski definition) is 8. The molecule has 1 aliphatic heterocycles. The summed E-state index contributed by atoms with van der Waals surface area (Å²) in [6.45, 7) is 6.56. The molecule has 10 heteroatoms. The molecule has 30 heavy (non-hydrogen) atoms. The lowest BCUT2D eigenvalue weighted by Gasteiger charge is -2.34. The summed E-state index contributed by atoms with van der Waals surface area (Å²) in [6.07, 6.45) is 3.87. The van der Waals surface area contributed by atoms with Crippen LogP contribution in [0.25, 0.3) is 10.8 Å². The summed E-state index contributed by atoms with van der Waals surface area (Å²) in [4.78, 5) is 22.3. The molecule has 0 bridgehead atoms. The van der Waals surface area contributed by atoms with E-state index >= 15 is 0 Å². The quantitative estimate of drug-likeness (QED) is 0.786. The van der Waals surface area contributed by atoms with Gasteiger partial charge in [0.05, 0.1) is 0 Å². The number of nitrogens with one attached hydrogen (secondary N) is 1. The van der Waals surface area contributed by atoms with E-state index in [2.05, 4.69) is 15.3 Å². The van der Waals surface area contributed by atoms with Crippen LogP contribution in [0.2, 0.25) is 0 Å².